The van der Waals surface area contributed by atoms with E-state index in [4.69, 9.17) is 4.74 Å². The topological polar surface area (TPSA) is 12.5 Å². The molecule has 2 nitrogen and oxygen atoms in total. The summed E-state index contributed by atoms with van der Waals surface area (Å²) in [7, 11) is 0. The fourth-order valence-corrected chi connectivity index (χ4v) is 1.69. The third kappa shape index (κ3) is 2.46. The molecule has 0 radical (unpaired) electrons. The van der Waals surface area contributed by atoms with Gasteiger partial charge in [-0.25, -0.2) is 0 Å². The molecule has 0 aromatic heterocycles. The van der Waals surface area contributed by atoms with Gasteiger partial charge in [0.2, 0.25) is 0 Å². The van der Waals surface area contributed by atoms with E-state index in [9.17, 15) is 0 Å². The molecule has 2 heteroatoms. The summed E-state index contributed by atoms with van der Waals surface area (Å²) in [4.78, 5) is 2.58. The molecule has 0 bridgehead atoms. The Morgan fingerprint density at radius 1 is 1.08 bits per heavy atom. The Balaban J connectivity index is 0.000000336. The summed E-state index contributed by atoms with van der Waals surface area (Å²) >= 11 is 0. The number of morpholine rings is 1. The van der Waals surface area contributed by atoms with Crippen molar-refractivity contribution in [1.29, 1.82) is 0 Å². The molecule has 1 aliphatic carbocycles. The fraction of sp³-hybridized carbons (Fsp3) is 1.00. The van der Waals surface area contributed by atoms with E-state index in [1.54, 1.807) is 0 Å². The van der Waals surface area contributed by atoms with Crippen LogP contribution in [0.1, 0.15) is 33.1 Å². The first-order chi connectivity index (χ1) is 5.97. The van der Waals surface area contributed by atoms with Crippen molar-refractivity contribution in [2.45, 2.75) is 39.2 Å². The monoisotopic (exact) mass is 171 g/mol. The summed E-state index contributed by atoms with van der Waals surface area (Å²) in [5.41, 5.74) is 0. The van der Waals surface area contributed by atoms with Crippen LogP contribution in [-0.4, -0.2) is 37.2 Å². The van der Waals surface area contributed by atoms with Crippen LogP contribution in [0.3, 0.4) is 0 Å². The SMILES string of the molecule is C1CC(N2CCOCC2)C1.CC. The fourth-order valence-electron chi connectivity index (χ4n) is 1.69. The molecule has 12 heavy (non-hydrogen) atoms. The Hall–Kier alpha value is -0.0800. The van der Waals surface area contributed by atoms with E-state index in [1.165, 1.54) is 32.4 Å². The summed E-state index contributed by atoms with van der Waals surface area (Å²) in [6, 6.07) is 0.920. The van der Waals surface area contributed by atoms with Crippen LogP contribution in [0.5, 0.6) is 0 Å². The molecular weight excluding hydrogens is 150 g/mol. The lowest BCUT2D eigenvalue weighted by molar-refractivity contribution is -0.00153. The molecule has 0 atom stereocenters. The summed E-state index contributed by atoms with van der Waals surface area (Å²) in [6.07, 6.45) is 4.31. The van der Waals surface area contributed by atoms with Gasteiger partial charge in [0, 0.05) is 19.1 Å². The molecular formula is C10H21NO. The van der Waals surface area contributed by atoms with Crippen molar-refractivity contribution in [3.63, 3.8) is 0 Å². The standard InChI is InChI=1S/C8H15NO.C2H6/c1-2-8(3-1)9-4-6-10-7-5-9;1-2/h8H,1-7H2;1-2H3. The Kier molecular flexibility index (Phi) is 4.62. The van der Waals surface area contributed by atoms with E-state index >= 15 is 0 Å². The largest absolute Gasteiger partial charge is 0.379 e. The highest BCUT2D eigenvalue weighted by molar-refractivity contribution is 4.80. The Morgan fingerprint density at radius 3 is 2.08 bits per heavy atom. The lowest BCUT2D eigenvalue weighted by atomic mass is 9.91. The van der Waals surface area contributed by atoms with Gasteiger partial charge >= 0.3 is 0 Å². The van der Waals surface area contributed by atoms with E-state index < -0.39 is 0 Å². The maximum absolute atomic E-state index is 5.28. The smallest absolute Gasteiger partial charge is 0.0594 e. The van der Waals surface area contributed by atoms with Crippen LogP contribution in [-0.2, 0) is 4.74 Å². The quantitative estimate of drug-likeness (QED) is 0.597. The Labute approximate surface area is 75.9 Å². The normalized spacial score (nSPS) is 25.5. The van der Waals surface area contributed by atoms with E-state index in [2.05, 4.69) is 4.90 Å². The third-order valence-corrected chi connectivity index (χ3v) is 2.64. The van der Waals surface area contributed by atoms with Crippen LogP contribution in [0.15, 0.2) is 0 Å². The maximum atomic E-state index is 5.28. The van der Waals surface area contributed by atoms with Gasteiger partial charge in [-0.05, 0) is 12.8 Å². The van der Waals surface area contributed by atoms with Gasteiger partial charge in [0.1, 0.15) is 0 Å². The van der Waals surface area contributed by atoms with Crippen molar-refractivity contribution in [2.24, 2.45) is 0 Å². The molecule has 0 N–H and O–H groups in total. The highest BCUT2D eigenvalue weighted by Gasteiger charge is 2.25. The molecule has 0 unspecified atom stereocenters. The second-order valence-corrected chi connectivity index (χ2v) is 3.23. The summed E-state index contributed by atoms with van der Waals surface area (Å²) < 4.78 is 5.28. The lowest BCUT2D eigenvalue weighted by Crippen LogP contribution is -2.46. The first-order valence-electron chi connectivity index (χ1n) is 5.28. The Morgan fingerprint density at radius 2 is 1.67 bits per heavy atom. The first-order valence-corrected chi connectivity index (χ1v) is 5.28. The van der Waals surface area contributed by atoms with Gasteiger partial charge in [-0.2, -0.15) is 0 Å². The number of hydrogen-bond acceptors (Lipinski definition) is 2. The highest BCUT2D eigenvalue weighted by atomic mass is 16.5. The van der Waals surface area contributed by atoms with Crippen molar-refractivity contribution in [1.82, 2.24) is 4.90 Å². The Bertz CT molecular complexity index is 106. The number of hydrogen-bond donors (Lipinski definition) is 0. The van der Waals surface area contributed by atoms with Crippen molar-refractivity contribution >= 4 is 0 Å². The maximum Gasteiger partial charge on any atom is 0.0594 e. The van der Waals surface area contributed by atoms with Crippen LogP contribution in [0, 0.1) is 0 Å². The zero-order valence-electron chi connectivity index (χ0n) is 8.38. The minimum Gasteiger partial charge on any atom is -0.379 e. The van der Waals surface area contributed by atoms with Gasteiger partial charge in [0.05, 0.1) is 13.2 Å². The first kappa shape index (κ1) is 10.0. The average molecular weight is 171 g/mol. The predicted octanol–water partition coefficient (Wildman–Crippen LogP) is 1.90. The minimum absolute atomic E-state index is 0.920. The van der Waals surface area contributed by atoms with Crippen molar-refractivity contribution in [3.8, 4) is 0 Å². The molecule has 2 rings (SSSR count). The third-order valence-electron chi connectivity index (χ3n) is 2.64. The van der Waals surface area contributed by atoms with Crippen molar-refractivity contribution in [2.75, 3.05) is 26.3 Å². The van der Waals surface area contributed by atoms with Crippen LogP contribution >= 0.6 is 0 Å². The number of rotatable bonds is 1. The van der Waals surface area contributed by atoms with E-state index in [-0.39, 0.29) is 0 Å². The lowest BCUT2D eigenvalue weighted by Gasteiger charge is -2.39. The molecule has 0 amide bonds. The zero-order valence-corrected chi connectivity index (χ0v) is 8.38. The molecule has 1 heterocycles. The van der Waals surface area contributed by atoms with E-state index in [1.807, 2.05) is 13.8 Å². The highest BCUT2D eigenvalue weighted by Crippen LogP contribution is 2.24. The molecule has 1 saturated carbocycles. The summed E-state index contributed by atoms with van der Waals surface area (Å²) in [5, 5.41) is 0. The van der Waals surface area contributed by atoms with Gasteiger partial charge in [0.25, 0.3) is 0 Å². The van der Waals surface area contributed by atoms with Gasteiger partial charge in [0.15, 0.2) is 0 Å². The average Bonchev–Trinajstić information content (AvgIpc) is 2.07. The zero-order chi connectivity index (χ0) is 8.81. The van der Waals surface area contributed by atoms with Crippen LogP contribution in [0.2, 0.25) is 0 Å². The summed E-state index contributed by atoms with van der Waals surface area (Å²) in [6.45, 7) is 8.25. The van der Waals surface area contributed by atoms with Crippen LogP contribution in [0.25, 0.3) is 0 Å². The second kappa shape index (κ2) is 5.55. The van der Waals surface area contributed by atoms with Crippen LogP contribution < -0.4 is 0 Å². The molecule has 2 fully saturated rings. The van der Waals surface area contributed by atoms with Gasteiger partial charge < -0.3 is 4.74 Å². The second-order valence-electron chi connectivity index (χ2n) is 3.23. The van der Waals surface area contributed by atoms with Crippen molar-refractivity contribution in [3.05, 3.63) is 0 Å². The minimum atomic E-state index is 0.920. The number of nitrogens with zero attached hydrogens (tertiary/aromatic N) is 1. The molecule has 2 aliphatic rings. The molecule has 0 aromatic rings. The summed E-state index contributed by atoms with van der Waals surface area (Å²) in [5.74, 6) is 0. The van der Waals surface area contributed by atoms with Gasteiger partial charge in [-0.1, -0.05) is 20.3 Å². The molecule has 1 aliphatic heterocycles. The predicted molar refractivity (Wildman–Crippen MR) is 51.4 cm³/mol. The molecule has 72 valence electrons. The van der Waals surface area contributed by atoms with Gasteiger partial charge in [-0.3, -0.25) is 4.90 Å². The van der Waals surface area contributed by atoms with Crippen molar-refractivity contribution < 1.29 is 4.74 Å². The number of ether oxygens (including phenoxy) is 1. The van der Waals surface area contributed by atoms with E-state index in [0.29, 0.717) is 0 Å². The molecule has 0 aromatic carbocycles. The molecule has 1 saturated heterocycles. The molecule has 0 spiro atoms. The van der Waals surface area contributed by atoms with E-state index in [0.717, 1.165) is 19.3 Å². The van der Waals surface area contributed by atoms with Gasteiger partial charge in [-0.15, -0.1) is 0 Å². The van der Waals surface area contributed by atoms with Crippen LogP contribution in [0.4, 0.5) is 0 Å².